The molecular weight excluding hydrogens is 254 g/mol. The summed E-state index contributed by atoms with van der Waals surface area (Å²) in [6.45, 7) is -0.0405. The Labute approximate surface area is 118 Å². The van der Waals surface area contributed by atoms with Crippen LogP contribution in [0, 0.1) is 0 Å². The average molecular weight is 273 g/mol. The van der Waals surface area contributed by atoms with Crippen LogP contribution < -0.4 is 5.32 Å². The Morgan fingerprint density at radius 2 is 2.20 bits per heavy atom. The Hall–Kier alpha value is -1.91. The van der Waals surface area contributed by atoms with E-state index in [4.69, 9.17) is 4.74 Å². The van der Waals surface area contributed by atoms with Crippen molar-refractivity contribution in [2.24, 2.45) is 0 Å². The van der Waals surface area contributed by atoms with Crippen molar-refractivity contribution in [3.8, 4) is 0 Å². The van der Waals surface area contributed by atoms with E-state index in [1.165, 1.54) is 0 Å². The Balaban J connectivity index is 2.37. The molecule has 0 spiro atoms. The minimum atomic E-state index is -0.628. The fourth-order valence-electron chi connectivity index (χ4n) is 2.47. The van der Waals surface area contributed by atoms with Gasteiger partial charge in [-0.3, -0.25) is 4.79 Å². The molecule has 1 amide bonds. The van der Waals surface area contributed by atoms with Gasteiger partial charge in [-0.05, 0) is 17.2 Å². The number of hydrogen-bond donors (Lipinski definition) is 2. The lowest BCUT2D eigenvalue weighted by Crippen LogP contribution is -2.30. The number of nitrogens with one attached hydrogen (secondary N) is 1. The van der Waals surface area contributed by atoms with E-state index in [1.54, 1.807) is 20.2 Å². The molecule has 1 aromatic carbocycles. The molecule has 0 fully saturated rings. The van der Waals surface area contributed by atoms with Gasteiger partial charge in [0.25, 0.3) is 5.91 Å². The van der Waals surface area contributed by atoms with Crippen LogP contribution in [0.4, 0.5) is 0 Å². The molecule has 1 unspecified atom stereocenters. The molecule has 4 heteroatoms. The van der Waals surface area contributed by atoms with Gasteiger partial charge in [-0.1, -0.05) is 36.4 Å². The van der Waals surface area contributed by atoms with Crippen molar-refractivity contribution < 1.29 is 14.6 Å². The van der Waals surface area contributed by atoms with Crippen LogP contribution in [0.3, 0.4) is 0 Å². The molecule has 0 aromatic heterocycles. The fourth-order valence-corrected chi connectivity index (χ4v) is 2.47. The first-order valence-corrected chi connectivity index (χ1v) is 6.52. The highest BCUT2D eigenvalue weighted by molar-refractivity contribution is 5.96. The number of likely N-dealkylation sites (N-methyl/N-ethyl adjacent to an activating group) is 1. The smallest absolute Gasteiger partial charge is 0.250 e. The van der Waals surface area contributed by atoms with Gasteiger partial charge in [-0.25, -0.2) is 0 Å². The van der Waals surface area contributed by atoms with Gasteiger partial charge in [0, 0.05) is 26.2 Å². The number of carbonyl (C=O) groups is 1. The van der Waals surface area contributed by atoms with E-state index in [2.05, 4.69) is 5.32 Å². The van der Waals surface area contributed by atoms with Gasteiger partial charge in [0.2, 0.25) is 0 Å². The van der Waals surface area contributed by atoms with Crippen LogP contribution in [0.5, 0.6) is 0 Å². The summed E-state index contributed by atoms with van der Waals surface area (Å²) in [5.41, 5.74) is 1.75. The summed E-state index contributed by atoms with van der Waals surface area (Å²) in [5.74, 6) is -0.110. The lowest BCUT2D eigenvalue weighted by molar-refractivity contribution is -0.116. The van der Waals surface area contributed by atoms with Gasteiger partial charge in [0.15, 0.2) is 0 Å². The van der Waals surface area contributed by atoms with E-state index in [1.807, 2.05) is 36.4 Å². The van der Waals surface area contributed by atoms with Crippen LogP contribution in [0.2, 0.25) is 0 Å². The standard InChI is InChI=1S/C16H19NO3/c1-17-15(19)12-7-9-16(20-2,10-8-12)14-6-4-3-5-13(14)11-18/h3-9,18H,10-11H2,1-2H3,(H,17,19). The predicted molar refractivity (Wildman–Crippen MR) is 77.0 cm³/mol. The van der Waals surface area contributed by atoms with E-state index in [-0.39, 0.29) is 12.5 Å². The average Bonchev–Trinajstić information content (AvgIpc) is 2.54. The van der Waals surface area contributed by atoms with Crippen molar-refractivity contribution in [3.63, 3.8) is 0 Å². The van der Waals surface area contributed by atoms with Crippen LogP contribution in [0.25, 0.3) is 0 Å². The highest BCUT2D eigenvalue weighted by atomic mass is 16.5. The van der Waals surface area contributed by atoms with Crippen LogP contribution >= 0.6 is 0 Å². The number of ether oxygens (including phenoxy) is 1. The third-order valence-electron chi connectivity index (χ3n) is 3.65. The van der Waals surface area contributed by atoms with E-state index < -0.39 is 5.60 Å². The Morgan fingerprint density at radius 1 is 1.45 bits per heavy atom. The van der Waals surface area contributed by atoms with Gasteiger partial charge in [0.1, 0.15) is 5.60 Å². The lowest BCUT2D eigenvalue weighted by atomic mass is 9.83. The van der Waals surface area contributed by atoms with Crippen molar-refractivity contribution in [3.05, 3.63) is 59.2 Å². The third kappa shape index (κ3) is 2.53. The number of aliphatic hydroxyl groups excluding tert-OH is 1. The summed E-state index contributed by atoms with van der Waals surface area (Å²) in [6, 6.07) is 7.62. The number of rotatable bonds is 4. The second kappa shape index (κ2) is 6.03. The molecule has 106 valence electrons. The topological polar surface area (TPSA) is 58.6 Å². The molecule has 1 atom stereocenters. The van der Waals surface area contributed by atoms with Gasteiger partial charge >= 0.3 is 0 Å². The maximum atomic E-state index is 11.6. The minimum Gasteiger partial charge on any atom is -0.392 e. The number of amides is 1. The van der Waals surface area contributed by atoms with E-state index in [0.29, 0.717) is 12.0 Å². The molecule has 0 saturated heterocycles. The molecule has 1 aliphatic rings. The molecule has 0 bridgehead atoms. The van der Waals surface area contributed by atoms with Crippen LogP contribution in [-0.4, -0.2) is 25.2 Å². The summed E-state index contributed by atoms with van der Waals surface area (Å²) in [7, 11) is 3.24. The third-order valence-corrected chi connectivity index (χ3v) is 3.65. The highest BCUT2D eigenvalue weighted by Gasteiger charge is 2.32. The second-order valence-corrected chi connectivity index (χ2v) is 4.68. The normalized spacial score (nSPS) is 21.4. The quantitative estimate of drug-likeness (QED) is 0.877. The maximum Gasteiger partial charge on any atom is 0.250 e. The van der Waals surface area contributed by atoms with Gasteiger partial charge in [-0.15, -0.1) is 0 Å². The predicted octanol–water partition coefficient (Wildman–Crippen LogP) is 1.65. The van der Waals surface area contributed by atoms with Crippen molar-refractivity contribution in [2.45, 2.75) is 18.6 Å². The summed E-state index contributed by atoms with van der Waals surface area (Å²) >= 11 is 0. The van der Waals surface area contributed by atoms with Crippen LogP contribution in [-0.2, 0) is 21.7 Å². The summed E-state index contributed by atoms with van der Waals surface area (Å²) in [4.78, 5) is 11.6. The Bertz CT molecular complexity index is 563. The molecule has 20 heavy (non-hydrogen) atoms. The molecule has 4 nitrogen and oxygen atoms in total. The zero-order chi connectivity index (χ0) is 14.6. The number of hydrogen-bond acceptors (Lipinski definition) is 3. The molecule has 0 radical (unpaired) electrons. The number of aliphatic hydroxyl groups is 1. The molecule has 2 N–H and O–H groups in total. The van der Waals surface area contributed by atoms with Crippen molar-refractivity contribution in [2.75, 3.05) is 14.2 Å². The maximum absolute atomic E-state index is 11.6. The van der Waals surface area contributed by atoms with Gasteiger partial charge < -0.3 is 15.2 Å². The summed E-state index contributed by atoms with van der Waals surface area (Å²) < 4.78 is 5.69. The van der Waals surface area contributed by atoms with Crippen LogP contribution in [0.1, 0.15) is 17.5 Å². The number of carbonyl (C=O) groups excluding carboxylic acids is 1. The molecule has 0 aliphatic heterocycles. The molecular formula is C16H19NO3. The van der Waals surface area contributed by atoms with Crippen LogP contribution in [0.15, 0.2) is 48.1 Å². The van der Waals surface area contributed by atoms with Gasteiger partial charge in [-0.2, -0.15) is 0 Å². The highest BCUT2D eigenvalue weighted by Crippen LogP contribution is 2.36. The SMILES string of the molecule is CNC(=O)C1=CCC(OC)(c2ccccc2CO)C=C1. The summed E-state index contributed by atoms with van der Waals surface area (Å²) in [5, 5.41) is 12.1. The molecule has 0 saturated carbocycles. The van der Waals surface area contributed by atoms with E-state index in [9.17, 15) is 9.90 Å². The Kier molecular flexibility index (Phi) is 4.37. The first-order valence-electron chi connectivity index (χ1n) is 6.52. The second-order valence-electron chi connectivity index (χ2n) is 4.68. The molecule has 1 aliphatic carbocycles. The molecule has 0 heterocycles. The fraction of sp³-hybridized carbons (Fsp3) is 0.312. The zero-order valence-electron chi connectivity index (χ0n) is 11.7. The molecule has 2 rings (SSSR count). The summed E-state index contributed by atoms with van der Waals surface area (Å²) in [6.07, 6.45) is 6.06. The first kappa shape index (κ1) is 14.5. The largest absolute Gasteiger partial charge is 0.392 e. The lowest BCUT2D eigenvalue weighted by Gasteiger charge is -2.32. The first-order chi connectivity index (χ1) is 9.66. The number of methoxy groups -OCH3 is 1. The van der Waals surface area contributed by atoms with Crippen molar-refractivity contribution in [1.82, 2.24) is 5.32 Å². The van der Waals surface area contributed by atoms with Gasteiger partial charge in [0.05, 0.1) is 6.61 Å². The van der Waals surface area contributed by atoms with Crippen molar-refractivity contribution >= 4 is 5.91 Å². The monoisotopic (exact) mass is 273 g/mol. The molecule has 1 aromatic rings. The van der Waals surface area contributed by atoms with Crippen molar-refractivity contribution in [1.29, 1.82) is 0 Å². The van der Waals surface area contributed by atoms with E-state index >= 15 is 0 Å². The number of benzene rings is 1. The van der Waals surface area contributed by atoms with E-state index in [0.717, 1.165) is 11.1 Å². The minimum absolute atomic E-state index is 0.0405. The zero-order valence-corrected chi connectivity index (χ0v) is 11.7. The Morgan fingerprint density at radius 3 is 2.75 bits per heavy atom.